The number of fused-ring (bicyclic) bond motifs is 1. The molecule has 0 saturated carbocycles. The molecule has 0 aromatic rings. The normalized spacial score (nSPS) is 22.2. The second-order valence-electron chi connectivity index (χ2n) is 1.80. The van der Waals surface area contributed by atoms with Crippen molar-refractivity contribution in [3.8, 4) is 0 Å². The van der Waals surface area contributed by atoms with E-state index in [4.69, 9.17) is 0 Å². The molecular formula is C5H6N4. The van der Waals surface area contributed by atoms with Crippen LogP contribution in [0.2, 0.25) is 0 Å². The summed E-state index contributed by atoms with van der Waals surface area (Å²) in [6.07, 6.45) is 5.24. The minimum absolute atomic E-state index is 0.846. The van der Waals surface area contributed by atoms with E-state index in [0.717, 1.165) is 12.4 Å². The first-order valence-electron chi connectivity index (χ1n) is 2.75. The van der Waals surface area contributed by atoms with Crippen LogP contribution in [0.25, 0.3) is 0 Å². The Morgan fingerprint density at radius 2 is 2.67 bits per heavy atom. The highest BCUT2D eigenvalue weighted by Crippen LogP contribution is 2.07. The average Bonchev–Trinajstić information content (AvgIpc) is 2.33. The van der Waals surface area contributed by atoms with E-state index in [-0.39, 0.29) is 0 Å². The number of aliphatic imine (C=N–C) groups is 2. The van der Waals surface area contributed by atoms with Crippen molar-refractivity contribution in [2.75, 3.05) is 6.54 Å². The van der Waals surface area contributed by atoms with Crippen molar-refractivity contribution in [1.29, 1.82) is 0 Å². The number of nitrogens with zero attached hydrogens (tertiary/aromatic N) is 3. The van der Waals surface area contributed by atoms with Gasteiger partial charge in [-0.05, 0) is 6.08 Å². The smallest absolute Gasteiger partial charge is 0.147 e. The van der Waals surface area contributed by atoms with Gasteiger partial charge in [-0.1, -0.05) is 0 Å². The number of hydrazine groups is 1. The second kappa shape index (κ2) is 1.66. The Morgan fingerprint density at radius 1 is 1.67 bits per heavy atom. The molecule has 4 nitrogen and oxygen atoms in total. The summed E-state index contributed by atoms with van der Waals surface area (Å²) in [5.41, 5.74) is 3.04. The van der Waals surface area contributed by atoms with Gasteiger partial charge in [-0.3, -0.25) is 0 Å². The first-order chi connectivity index (χ1) is 4.47. The topological polar surface area (TPSA) is 40.0 Å². The molecule has 0 saturated heterocycles. The fourth-order valence-corrected chi connectivity index (χ4v) is 0.818. The summed E-state index contributed by atoms with van der Waals surface area (Å²) in [4.78, 5) is 7.82. The van der Waals surface area contributed by atoms with Crippen molar-refractivity contribution in [1.82, 2.24) is 10.4 Å². The van der Waals surface area contributed by atoms with Gasteiger partial charge in [-0.15, -0.1) is 0 Å². The van der Waals surface area contributed by atoms with Gasteiger partial charge in [0.05, 0.1) is 0 Å². The highest BCUT2D eigenvalue weighted by atomic mass is 15.6. The third-order valence-corrected chi connectivity index (χ3v) is 1.23. The molecule has 1 N–H and O–H groups in total. The molecule has 2 aliphatic rings. The predicted molar refractivity (Wildman–Crippen MR) is 34.9 cm³/mol. The Bertz CT molecular complexity index is 200. The Kier molecular flexibility index (Phi) is 0.868. The van der Waals surface area contributed by atoms with Crippen LogP contribution >= 0.6 is 0 Å². The molecule has 0 bridgehead atoms. The van der Waals surface area contributed by atoms with E-state index in [1.165, 1.54) is 6.34 Å². The molecule has 0 aliphatic carbocycles. The highest BCUT2D eigenvalue weighted by Gasteiger charge is 2.11. The van der Waals surface area contributed by atoms with Crippen LogP contribution in [0.15, 0.2) is 21.9 Å². The largest absolute Gasteiger partial charge is 0.248 e. The molecule has 2 rings (SSSR count). The zero-order valence-electron chi connectivity index (χ0n) is 4.78. The molecule has 0 radical (unpaired) electrons. The van der Waals surface area contributed by atoms with Crippen LogP contribution in [0.3, 0.4) is 0 Å². The Balaban J connectivity index is 2.33. The minimum atomic E-state index is 0.846. The molecule has 46 valence electrons. The van der Waals surface area contributed by atoms with Gasteiger partial charge in [0.15, 0.2) is 0 Å². The molecule has 4 heteroatoms. The maximum absolute atomic E-state index is 3.99. The second-order valence-corrected chi connectivity index (χ2v) is 1.80. The van der Waals surface area contributed by atoms with E-state index in [0.29, 0.717) is 0 Å². The van der Waals surface area contributed by atoms with Crippen LogP contribution in [0.1, 0.15) is 0 Å². The zero-order chi connectivity index (χ0) is 6.10. The van der Waals surface area contributed by atoms with Gasteiger partial charge in [0, 0.05) is 6.54 Å². The summed E-state index contributed by atoms with van der Waals surface area (Å²) >= 11 is 0. The molecule has 0 unspecified atom stereocenters. The van der Waals surface area contributed by atoms with Crippen LogP contribution in [-0.2, 0) is 0 Å². The maximum atomic E-state index is 3.99. The van der Waals surface area contributed by atoms with Crippen molar-refractivity contribution in [2.45, 2.75) is 0 Å². The fraction of sp³-hybridized carbons (Fsp3) is 0.200. The van der Waals surface area contributed by atoms with E-state index in [2.05, 4.69) is 15.4 Å². The van der Waals surface area contributed by atoms with Crippen molar-refractivity contribution in [3.05, 3.63) is 11.9 Å². The van der Waals surface area contributed by atoms with Crippen molar-refractivity contribution >= 4 is 12.7 Å². The van der Waals surface area contributed by atoms with Crippen molar-refractivity contribution in [3.63, 3.8) is 0 Å². The third-order valence-electron chi connectivity index (χ3n) is 1.23. The zero-order valence-corrected chi connectivity index (χ0v) is 4.78. The van der Waals surface area contributed by atoms with Gasteiger partial charge >= 0.3 is 0 Å². The van der Waals surface area contributed by atoms with Crippen LogP contribution < -0.4 is 5.43 Å². The fourth-order valence-electron chi connectivity index (χ4n) is 0.818. The van der Waals surface area contributed by atoms with Crippen molar-refractivity contribution < 1.29 is 0 Å². The molecule has 2 heterocycles. The number of rotatable bonds is 0. The first-order valence-corrected chi connectivity index (χ1v) is 2.75. The number of hydrogen-bond acceptors (Lipinski definition) is 4. The molecular weight excluding hydrogens is 116 g/mol. The standard InChI is InChI=1S/C5H6N4/c1-2-8-9-4-6-3-7-5(1)9/h1,3-4,8H,2H2. The molecule has 0 atom stereocenters. The molecule has 0 aromatic carbocycles. The van der Waals surface area contributed by atoms with E-state index in [1.807, 2.05) is 6.08 Å². The molecule has 2 aliphatic heterocycles. The van der Waals surface area contributed by atoms with Gasteiger partial charge in [0.2, 0.25) is 0 Å². The molecule has 0 fully saturated rings. The number of nitrogens with one attached hydrogen (secondary N) is 1. The van der Waals surface area contributed by atoms with Crippen LogP contribution in [0.4, 0.5) is 0 Å². The lowest BCUT2D eigenvalue weighted by Gasteiger charge is -2.14. The van der Waals surface area contributed by atoms with E-state index >= 15 is 0 Å². The maximum Gasteiger partial charge on any atom is 0.147 e. The van der Waals surface area contributed by atoms with Crippen LogP contribution in [0.5, 0.6) is 0 Å². The highest BCUT2D eigenvalue weighted by molar-refractivity contribution is 5.75. The minimum Gasteiger partial charge on any atom is -0.248 e. The first kappa shape index (κ1) is 4.69. The Hall–Kier alpha value is -1.16. The Labute approximate surface area is 52.6 Å². The van der Waals surface area contributed by atoms with E-state index in [1.54, 1.807) is 11.3 Å². The summed E-state index contributed by atoms with van der Waals surface area (Å²) in [6, 6.07) is 0. The molecule has 0 aromatic heterocycles. The third kappa shape index (κ3) is 0.639. The van der Waals surface area contributed by atoms with Gasteiger partial charge in [0.1, 0.15) is 18.5 Å². The molecule has 9 heavy (non-hydrogen) atoms. The quantitative estimate of drug-likeness (QED) is 0.480. The number of hydrogen-bond donors (Lipinski definition) is 1. The summed E-state index contributed by atoms with van der Waals surface area (Å²) in [7, 11) is 0. The van der Waals surface area contributed by atoms with E-state index in [9.17, 15) is 0 Å². The summed E-state index contributed by atoms with van der Waals surface area (Å²) in [5, 5.41) is 1.79. The van der Waals surface area contributed by atoms with Crippen molar-refractivity contribution in [2.24, 2.45) is 9.98 Å². The monoisotopic (exact) mass is 122 g/mol. The van der Waals surface area contributed by atoms with E-state index < -0.39 is 0 Å². The predicted octanol–water partition coefficient (Wildman–Crippen LogP) is -0.282. The molecule has 0 amide bonds. The summed E-state index contributed by atoms with van der Waals surface area (Å²) < 4.78 is 0. The van der Waals surface area contributed by atoms with Crippen LogP contribution in [0, 0.1) is 0 Å². The van der Waals surface area contributed by atoms with Gasteiger partial charge in [-0.25, -0.2) is 20.4 Å². The lowest BCUT2D eigenvalue weighted by atomic mass is 10.6. The Morgan fingerprint density at radius 3 is 3.56 bits per heavy atom. The molecule has 0 spiro atoms. The average molecular weight is 122 g/mol. The van der Waals surface area contributed by atoms with Gasteiger partial charge in [0.25, 0.3) is 0 Å². The lowest BCUT2D eigenvalue weighted by Crippen LogP contribution is -2.31. The summed E-state index contributed by atoms with van der Waals surface area (Å²) in [5.74, 6) is 0.935. The SMILES string of the molecule is C1=NC=NC2=CCNN12. The van der Waals surface area contributed by atoms with Gasteiger partial charge < -0.3 is 0 Å². The van der Waals surface area contributed by atoms with Gasteiger partial charge in [-0.2, -0.15) is 0 Å². The van der Waals surface area contributed by atoms with Crippen LogP contribution in [-0.4, -0.2) is 24.2 Å². The summed E-state index contributed by atoms with van der Waals surface area (Å²) in [6.45, 7) is 0.846. The lowest BCUT2D eigenvalue weighted by molar-refractivity contribution is 0.438.